The van der Waals surface area contributed by atoms with Crippen LogP contribution in [0, 0.1) is 13.8 Å². The van der Waals surface area contributed by atoms with Crippen LogP contribution in [-0.2, 0) is 6.42 Å². The normalized spacial score (nSPS) is 11.1. The van der Waals surface area contributed by atoms with Crippen molar-refractivity contribution in [3.8, 4) is 0 Å². The van der Waals surface area contributed by atoms with Crippen LogP contribution >= 0.6 is 0 Å². The molecule has 1 heterocycles. The van der Waals surface area contributed by atoms with E-state index in [4.69, 9.17) is 5.73 Å². The van der Waals surface area contributed by atoms with E-state index in [-0.39, 0.29) is 5.91 Å². The summed E-state index contributed by atoms with van der Waals surface area (Å²) in [5.41, 5.74) is 9.93. The molecule has 0 radical (unpaired) electrons. The molecule has 2 aromatic rings. The number of benzene rings is 1. The number of aromatic nitrogens is 1. The molecule has 2 N–H and O–H groups in total. The molecule has 0 atom stereocenters. The first kappa shape index (κ1) is 18.3. The summed E-state index contributed by atoms with van der Waals surface area (Å²) in [6, 6.07) is 12.6. The van der Waals surface area contributed by atoms with Crippen LogP contribution in [-0.4, -0.2) is 35.0 Å². The molecule has 1 aromatic heterocycles. The Morgan fingerprint density at radius 3 is 2.38 bits per heavy atom. The SMILES string of the molecule is Cc1cc(C(=O)N(CCN)CCc2ccccc2)c(C)n1C(C)C. The van der Waals surface area contributed by atoms with Crippen LogP contribution in [0.25, 0.3) is 0 Å². The van der Waals surface area contributed by atoms with Gasteiger partial charge in [0.2, 0.25) is 0 Å². The lowest BCUT2D eigenvalue weighted by molar-refractivity contribution is 0.0761. The van der Waals surface area contributed by atoms with E-state index in [2.05, 4.69) is 37.5 Å². The van der Waals surface area contributed by atoms with Gasteiger partial charge in [-0.3, -0.25) is 4.79 Å². The summed E-state index contributed by atoms with van der Waals surface area (Å²) in [5, 5.41) is 0. The third kappa shape index (κ3) is 4.06. The van der Waals surface area contributed by atoms with Gasteiger partial charge in [-0.25, -0.2) is 0 Å². The van der Waals surface area contributed by atoms with Gasteiger partial charge in [0, 0.05) is 37.1 Å². The van der Waals surface area contributed by atoms with Crippen molar-refractivity contribution in [3.63, 3.8) is 0 Å². The Hall–Kier alpha value is -2.07. The van der Waals surface area contributed by atoms with E-state index >= 15 is 0 Å². The standard InChI is InChI=1S/C20H29N3O/c1-15(2)23-16(3)14-19(17(23)4)20(24)22(13-11-21)12-10-18-8-6-5-7-9-18/h5-9,14-15H,10-13,21H2,1-4H3. The summed E-state index contributed by atoms with van der Waals surface area (Å²) in [6.07, 6.45) is 0.843. The van der Waals surface area contributed by atoms with Crippen LogP contribution in [0.15, 0.2) is 36.4 Å². The predicted molar refractivity (Wildman–Crippen MR) is 99.4 cm³/mol. The van der Waals surface area contributed by atoms with Crippen LogP contribution in [0.2, 0.25) is 0 Å². The van der Waals surface area contributed by atoms with Gasteiger partial charge in [0.25, 0.3) is 5.91 Å². The first-order chi connectivity index (χ1) is 11.5. The van der Waals surface area contributed by atoms with Crippen molar-refractivity contribution < 1.29 is 4.79 Å². The third-order valence-electron chi connectivity index (χ3n) is 4.43. The molecule has 0 spiro atoms. The zero-order chi connectivity index (χ0) is 17.7. The second kappa shape index (κ2) is 8.15. The summed E-state index contributed by atoms with van der Waals surface area (Å²) < 4.78 is 2.21. The van der Waals surface area contributed by atoms with Gasteiger partial charge in [-0.05, 0) is 45.7 Å². The van der Waals surface area contributed by atoms with Crippen LogP contribution in [0.3, 0.4) is 0 Å². The summed E-state index contributed by atoms with van der Waals surface area (Å²) >= 11 is 0. The number of nitrogens with zero attached hydrogens (tertiary/aromatic N) is 2. The summed E-state index contributed by atoms with van der Waals surface area (Å²) in [7, 11) is 0. The zero-order valence-electron chi connectivity index (χ0n) is 15.2. The zero-order valence-corrected chi connectivity index (χ0v) is 15.2. The Morgan fingerprint density at radius 2 is 1.83 bits per heavy atom. The average Bonchev–Trinajstić information content (AvgIpc) is 2.86. The number of hydrogen-bond acceptors (Lipinski definition) is 2. The minimum Gasteiger partial charge on any atom is -0.346 e. The van der Waals surface area contributed by atoms with Gasteiger partial charge >= 0.3 is 0 Å². The maximum atomic E-state index is 13.0. The molecule has 24 heavy (non-hydrogen) atoms. The highest BCUT2D eigenvalue weighted by molar-refractivity contribution is 5.95. The molecule has 0 saturated heterocycles. The van der Waals surface area contributed by atoms with E-state index in [0.717, 1.165) is 23.4 Å². The molecule has 4 heteroatoms. The maximum Gasteiger partial charge on any atom is 0.255 e. The van der Waals surface area contributed by atoms with Crippen molar-refractivity contribution in [1.29, 1.82) is 0 Å². The van der Waals surface area contributed by atoms with Crippen molar-refractivity contribution in [3.05, 3.63) is 58.9 Å². The Labute approximate surface area is 145 Å². The average molecular weight is 327 g/mol. The Bertz CT molecular complexity index is 674. The number of rotatable bonds is 7. The van der Waals surface area contributed by atoms with Gasteiger partial charge < -0.3 is 15.2 Å². The fourth-order valence-corrected chi connectivity index (χ4v) is 3.34. The second-order valence-corrected chi connectivity index (χ2v) is 6.57. The Kier molecular flexibility index (Phi) is 6.21. The number of hydrogen-bond donors (Lipinski definition) is 1. The largest absolute Gasteiger partial charge is 0.346 e. The van der Waals surface area contributed by atoms with Crippen molar-refractivity contribution >= 4 is 5.91 Å². The molecule has 1 amide bonds. The second-order valence-electron chi connectivity index (χ2n) is 6.57. The van der Waals surface area contributed by atoms with Crippen LogP contribution < -0.4 is 5.73 Å². The number of carbonyl (C=O) groups excluding carboxylic acids is 1. The van der Waals surface area contributed by atoms with Gasteiger partial charge in [-0.15, -0.1) is 0 Å². The van der Waals surface area contributed by atoms with E-state index in [1.807, 2.05) is 36.1 Å². The molecule has 130 valence electrons. The maximum absolute atomic E-state index is 13.0. The van der Waals surface area contributed by atoms with Gasteiger partial charge in [-0.1, -0.05) is 30.3 Å². The molecule has 4 nitrogen and oxygen atoms in total. The minimum atomic E-state index is 0.0800. The molecule has 0 bridgehead atoms. The summed E-state index contributed by atoms with van der Waals surface area (Å²) in [4.78, 5) is 14.9. The van der Waals surface area contributed by atoms with E-state index in [9.17, 15) is 4.79 Å². The Balaban J connectivity index is 2.18. The highest BCUT2D eigenvalue weighted by atomic mass is 16.2. The van der Waals surface area contributed by atoms with Crippen LogP contribution in [0.1, 0.15) is 47.2 Å². The smallest absolute Gasteiger partial charge is 0.255 e. The first-order valence-electron chi connectivity index (χ1n) is 8.67. The fourth-order valence-electron chi connectivity index (χ4n) is 3.34. The third-order valence-corrected chi connectivity index (χ3v) is 4.43. The predicted octanol–water partition coefficient (Wildman–Crippen LogP) is 3.33. The molecule has 0 aliphatic heterocycles. The summed E-state index contributed by atoms with van der Waals surface area (Å²) in [5.74, 6) is 0.0800. The molecular weight excluding hydrogens is 298 g/mol. The lowest BCUT2D eigenvalue weighted by Gasteiger charge is -2.22. The fraction of sp³-hybridized carbons (Fsp3) is 0.450. The topological polar surface area (TPSA) is 51.3 Å². The molecular formula is C20H29N3O. The van der Waals surface area contributed by atoms with Gasteiger partial charge in [0.1, 0.15) is 0 Å². The minimum absolute atomic E-state index is 0.0800. The lowest BCUT2D eigenvalue weighted by Crippen LogP contribution is -2.37. The van der Waals surface area contributed by atoms with E-state index in [1.165, 1.54) is 5.56 Å². The Morgan fingerprint density at radius 1 is 1.17 bits per heavy atom. The van der Waals surface area contributed by atoms with Gasteiger partial charge in [-0.2, -0.15) is 0 Å². The molecule has 0 unspecified atom stereocenters. The van der Waals surface area contributed by atoms with Crippen molar-refractivity contribution in [2.45, 2.75) is 40.2 Å². The quantitative estimate of drug-likeness (QED) is 0.848. The van der Waals surface area contributed by atoms with Crippen molar-refractivity contribution in [2.24, 2.45) is 5.73 Å². The van der Waals surface area contributed by atoms with Crippen molar-refractivity contribution in [2.75, 3.05) is 19.6 Å². The molecule has 0 aliphatic carbocycles. The first-order valence-corrected chi connectivity index (χ1v) is 8.67. The van der Waals surface area contributed by atoms with Crippen LogP contribution in [0.4, 0.5) is 0 Å². The molecule has 1 aromatic carbocycles. The van der Waals surface area contributed by atoms with E-state index < -0.39 is 0 Å². The number of carbonyl (C=O) groups is 1. The van der Waals surface area contributed by atoms with Gasteiger partial charge in [0.15, 0.2) is 0 Å². The number of nitrogens with two attached hydrogens (primary N) is 1. The van der Waals surface area contributed by atoms with Gasteiger partial charge in [0.05, 0.1) is 5.56 Å². The molecule has 0 aliphatic rings. The lowest BCUT2D eigenvalue weighted by atomic mass is 10.1. The highest BCUT2D eigenvalue weighted by Crippen LogP contribution is 2.21. The summed E-state index contributed by atoms with van der Waals surface area (Å²) in [6.45, 7) is 10.1. The number of amides is 1. The number of aryl methyl sites for hydroxylation is 1. The van der Waals surface area contributed by atoms with E-state index in [0.29, 0.717) is 25.7 Å². The van der Waals surface area contributed by atoms with Crippen LogP contribution in [0.5, 0.6) is 0 Å². The molecule has 2 rings (SSSR count). The highest BCUT2D eigenvalue weighted by Gasteiger charge is 2.21. The monoisotopic (exact) mass is 327 g/mol. The molecule has 0 fully saturated rings. The van der Waals surface area contributed by atoms with Crippen molar-refractivity contribution in [1.82, 2.24) is 9.47 Å². The molecule has 0 saturated carbocycles. The van der Waals surface area contributed by atoms with E-state index in [1.54, 1.807) is 0 Å².